The van der Waals surface area contributed by atoms with Gasteiger partial charge in [0.05, 0.1) is 0 Å². The summed E-state index contributed by atoms with van der Waals surface area (Å²) in [6.07, 6.45) is 4.01. The van der Waals surface area contributed by atoms with Crippen LogP contribution in [0.5, 0.6) is 0 Å². The fraction of sp³-hybridized carbons (Fsp3) is 0.600. The van der Waals surface area contributed by atoms with Gasteiger partial charge in [-0.1, -0.05) is 0 Å². The quantitative estimate of drug-likeness (QED) is 0.738. The van der Waals surface area contributed by atoms with Crippen LogP contribution in [0.1, 0.15) is 18.4 Å². The molecule has 1 aromatic rings. The van der Waals surface area contributed by atoms with Crippen molar-refractivity contribution in [2.24, 2.45) is 5.92 Å². The molecule has 0 bridgehead atoms. The molecule has 0 unspecified atom stereocenters. The van der Waals surface area contributed by atoms with Crippen LogP contribution in [0.2, 0.25) is 0 Å². The van der Waals surface area contributed by atoms with E-state index < -0.39 is 0 Å². The van der Waals surface area contributed by atoms with Crippen LogP contribution in [0, 0.1) is 5.92 Å². The first kappa shape index (κ1) is 8.27. The topological polar surface area (TPSA) is 12.0 Å². The van der Waals surface area contributed by atoms with Crippen molar-refractivity contribution in [3.8, 4) is 0 Å². The van der Waals surface area contributed by atoms with E-state index >= 15 is 0 Å². The molecule has 1 aromatic heterocycles. The van der Waals surface area contributed by atoms with Crippen molar-refractivity contribution < 1.29 is 0 Å². The van der Waals surface area contributed by atoms with Crippen LogP contribution in [0.4, 0.5) is 0 Å². The second-order valence-electron chi connectivity index (χ2n) is 3.53. The number of hydrogen-bond acceptors (Lipinski definition) is 2. The van der Waals surface area contributed by atoms with Gasteiger partial charge in [0.15, 0.2) is 0 Å². The normalized spacial score (nSPS) is 19.7. The molecule has 0 spiro atoms. The molecule has 1 aliphatic heterocycles. The molecule has 1 aliphatic rings. The van der Waals surface area contributed by atoms with Crippen LogP contribution >= 0.6 is 11.3 Å². The summed E-state index contributed by atoms with van der Waals surface area (Å²) in [4.78, 5) is 0. The Bertz CT molecular complexity index is 212. The molecule has 1 nitrogen and oxygen atoms in total. The smallest absolute Gasteiger partial charge is 0.00462 e. The third-order valence-electron chi connectivity index (χ3n) is 2.56. The van der Waals surface area contributed by atoms with Crippen LogP contribution in [0.25, 0.3) is 0 Å². The fourth-order valence-electron chi connectivity index (χ4n) is 1.83. The Kier molecular flexibility index (Phi) is 2.79. The van der Waals surface area contributed by atoms with E-state index in [4.69, 9.17) is 0 Å². The molecule has 2 rings (SSSR count). The molecule has 1 N–H and O–H groups in total. The zero-order chi connectivity index (χ0) is 8.23. The lowest BCUT2D eigenvalue weighted by molar-refractivity contribution is 0.373. The lowest BCUT2D eigenvalue weighted by Crippen LogP contribution is -2.28. The monoisotopic (exact) mass is 181 g/mol. The van der Waals surface area contributed by atoms with Gasteiger partial charge in [0.25, 0.3) is 0 Å². The number of piperidine rings is 1. The Balaban J connectivity index is 1.86. The van der Waals surface area contributed by atoms with Gasteiger partial charge in [0.1, 0.15) is 0 Å². The molecular formula is C10H15NS. The lowest BCUT2D eigenvalue weighted by Gasteiger charge is -2.21. The highest BCUT2D eigenvalue weighted by atomic mass is 32.1. The largest absolute Gasteiger partial charge is 0.317 e. The van der Waals surface area contributed by atoms with Gasteiger partial charge >= 0.3 is 0 Å². The highest BCUT2D eigenvalue weighted by molar-refractivity contribution is 7.07. The van der Waals surface area contributed by atoms with Crippen LogP contribution in [0.15, 0.2) is 16.8 Å². The Morgan fingerprint density at radius 3 is 2.92 bits per heavy atom. The number of thiophene rings is 1. The summed E-state index contributed by atoms with van der Waals surface area (Å²) in [5.74, 6) is 0.931. The molecule has 12 heavy (non-hydrogen) atoms. The zero-order valence-electron chi connectivity index (χ0n) is 7.25. The average molecular weight is 181 g/mol. The molecule has 66 valence electrons. The molecule has 1 saturated heterocycles. The highest BCUT2D eigenvalue weighted by Gasteiger charge is 2.12. The standard InChI is InChI=1S/C10H15NS/c1-4-11-5-2-9(1)7-10-3-6-12-8-10/h3,6,8-9,11H,1-2,4-5,7H2. The van der Waals surface area contributed by atoms with Gasteiger partial charge in [-0.3, -0.25) is 0 Å². The molecule has 0 saturated carbocycles. The maximum atomic E-state index is 3.40. The van der Waals surface area contributed by atoms with Crippen molar-refractivity contribution in [1.29, 1.82) is 0 Å². The summed E-state index contributed by atoms with van der Waals surface area (Å²) in [6.45, 7) is 2.43. The minimum Gasteiger partial charge on any atom is -0.317 e. The molecule has 1 fully saturated rings. The Morgan fingerprint density at radius 1 is 1.42 bits per heavy atom. The average Bonchev–Trinajstić information content (AvgIpc) is 2.59. The number of rotatable bonds is 2. The van der Waals surface area contributed by atoms with E-state index in [1.165, 1.54) is 37.9 Å². The summed E-state index contributed by atoms with van der Waals surface area (Å²) in [5, 5.41) is 7.85. The number of nitrogens with one attached hydrogen (secondary N) is 1. The maximum absolute atomic E-state index is 3.40. The molecule has 0 aliphatic carbocycles. The third-order valence-corrected chi connectivity index (χ3v) is 3.30. The Morgan fingerprint density at radius 2 is 2.25 bits per heavy atom. The molecule has 0 amide bonds. The lowest BCUT2D eigenvalue weighted by atomic mass is 9.92. The van der Waals surface area contributed by atoms with Gasteiger partial charge in [-0.15, -0.1) is 0 Å². The van der Waals surface area contributed by atoms with Crippen LogP contribution in [0.3, 0.4) is 0 Å². The van der Waals surface area contributed by atoms with Crippen molar-refractivity contribution in [2.75, 3.05) is 13.1 Å². The molecule has 2 heteroatoms. The zero-order valence-corrected chi connectivity index (χ0v) is 8.07. The van der Waals surface area contributed by atoms with Gasteiger partial charge in [-0.2, -0.15) is 11.3 Å². The number of hydrogen-bond donors (Lipinski definition) is 1. The third kappa shape index (κ3) is 2.08. The van der Waals surface area contributed by atoms with E-state index in [0.717, 1.165) is 5.92 Å². The summed E-state index contributed by atoms with van der Waals surface area (Å²) in [5.41, 5.74) is 1.53. The Labute approximate surface area is 77.8 Å². The molecule has 0 radical (unpaired) electrons. The summed E-state index contributed by atoms with van der Waals surface area (Å²) in [7, 11) is 0. The van der Waals surface area contributed by atoms with Crippen molar-refractivity contribution in [3.05, 3.63) is 22.4 Å². The molecular weight excluding hydrogens is 166 g/mol. The van der Waals surface area contributed by atoms with E-state index in [1.807, 2.05) is 11.3 Å². The minimum absolute atomic E-state index is 0.931. The van der Waals surface area contributed by atoms with Crippen molar-refractivity contribution in [3.63, 3.8) is 0 Å². The van der Waals surface area contributed by atoms with E-state index in [1.54, 1.807) is 0 Å². The summed E-state index contributed by atoms with van der Waals surface area (Å²) in [6, 6.07) is 2.26. The molecule has 0 aromatic carbocycles. The van der Waals surface area contributed by atoms with Gasteiger partial charge in [-0.25, -0.2) is 0 Å². The van der Waals surface area contributed by atoms with Crippen LogP contribution in [-0.4, -0.2) is 13.1 Å². The predicted octanol–water partition coefficient (Wildman–Crippen LogP) is 2.29. The second kappa shape index (κ2) is 4.06. The first-order chi connectivity index (χ1) is 5.95. The second-order valence-corrected chi connectivity index (χ2v) is 4.31. The predicted molar refractivity (Wildman–Crippen MR) is 53.6 cm³/mol. The van der Waals surface area contributed by atoms with E-state index in [0.29, 0.717) is 0 Å². The fourth-order valence-corrected chi connectivity index (χ4v) is 2.51. The van der Waals surface area contributed by atoms with E-state index in [2.05, 4.69) is 22.1 Å². The first-order valence-corrected chi connectivity index (χ1v) is 5.61. The van der Waals surface area contributed by atoms with E-state index in [9.17, 15) is 0 Å². The first-order valence-electron chi connectivity index (χ1n) is 4.67. The van der Waals surface area contributed by atoms with E-state index in [-0.39, 0.29) is 0 Å². The Hall–Kier alpha value is -0.340. The van der Waals surface area contributed by atoms with Crippen molar-refractivity contribution >= 4 is 11.3 Å². The van der Waals surface area contributed by atoms with Crippen molar-refractivity contribution in [2.45, 2.75) is 19.3 Å². The van der Waals surface area contributed by atoms with Gasteiger partial charge in [0, 0.05) is 0 Å². The molecule has 2 heterocycles. The molecule has 0 atom stereocenters. The SMILES string of the molecule is c1cc(CC2CCNCC2)cs1. The van der Waals surface area contributed by atoms with Crippen molar-refractivity contribution in [1.82, 2.24) is 5.32 Å². The summed E-state index contributed by atoms with van der Waals surface area (Å²) >= 11 is 1.81. The van der Waals surface area contributed by atoms with Crippen LogP contribution < -0.4 is 5.32 Å². The van der Waals surface area contributed by atoms with Gasteiger partial charge < -0.3 is 5.32 Å². The van der Waals surface area contributed by atoms with Gasteiger partial charge in [-0.05, 0) is 60.7 Å². The summed E-state index contributed by atoms with van der Waals surface area (Å²) < 4.78 is 0. The minimum atomic E-state index is 0.931. The van der Waals surface area contributed by atoms with Gasteiger partial charge in [0.2, 0.25) is 0 Å². The van der Waals surface area contributed by atoms with Crippen LogP contribution in [-0.2, 0) is 6.42 Å². The highest BCUT2D eigenvalue weighted by Crippen LogP contribution is 2.19. The maximum Gasteiger partial charge on any atom is -0.00462 e.